The summed E-state index contributed by atoms with van der Waals surface area (Å²) in [5.74, 6) is 0.300. The summed E-state index contributed by atoms with van der Waals surface area (Å²) >= 11 is 1.50. The molecule has 0 aromatic carbocycles. The summed E-state index contributed by atoms with van der Waals surface area (Å²) in [4.78, 5) is 25.7. The molecule has 0 radical (unpaired) electrons. The molecule has 2 aliphatic heterocycles. The fraction of sp³-hybridized carbons (Fsp3) is 0.471. The van der Waals surface area contributed by atoms with Crippen molar-refractivity contribution in [3.05, 3.63) is 40.6 Å². The molecule has 0 saturated carbocycles. The van der Waals surface area contributed by atoms with Crippen LogP contribution >= 0.6 is 11.3 Å². The number of hydrogen-bond donors (Lipinski definition) is 0. The fourth-order valence-electron chi connectivity index (χ4n) is 3.85. The standard InChI is InChI=1S/C17H19FN4OS/c18-13-9-19-16(20-10-13)22-7-5-17(12-22)4-2-6-21(11-17)15(23)14-3-1-8-24-14/h1,3,8-10H,2,4-7,11-12H2/t17-/m1/s1. The van der Waals surface area contributed by atoms with E-state index >= 15 is 0 Å². The van der Waals surface area contributed by atoms with Crippen molar-refractivity contribution in [3.8, 4) is 0 Å². The smallest absolute Gasteiger partial charge is 0.263 e. The third-order valence-electron chi connectivity index (χ3n) is 5.01. The van der Waals surface area contributed by atoms with E-state index in [1.54, 1.807) is 0 Å². The first-order chi connectivity index (χ1) is 11.7. The molecule has 24 heavy (non-hydrogen) atoms. The fourth-order valence-corrected chi connectivity index (χ4v) is 4.54. The third kappa shape index (κ3) is 2.88. The lowest BCUT2D eigenvalue weighted by atomic mass is 9.79. The zero-order valence-corrected chi connectivity index (χ0v) is 14.1. The van der Waals surface area contributed by atoms with Gasteiger partial charge in [-0.3, -0.25) is 4.79 Å². The summed E-state index contributed by atoms with van der Waals surface area (Å²) in [5, 5.41) is 1.94. The van der Waals surface area contributed by atoms with Crippen LogP contribution in [0.1, 0.15) is 28.9 Å². The Balaban J connectivity index is 1.47. The molecule has 4 heterocycles. The van der Waals surface area contributed by atoms with E-state index in [1.165, 1.54) is 23.7 Å². The van der Waals surface area contributed by atoms with Crippen LogP contribution in [-0.2, 0) is 0 Å². The molecule has 2 fully saturated rings. The van der Waals surface area contributed by atoms with Gasteiger partial charge in [-0.05, 0) is 30.7 Å². The van der Waals surface area contributed by atoms with Crippen LogP contribution < -0.4 is 4.90 Å². The Morgan fingerprint density at radius 1 is 1.21 bits per heavy atom. The van der Waals surface area contributed by atoms with Gasteiger partial charge < -0.3 is 9.80 Å². The number of carbonyl (C=O) groups is 1. The molecular weight excluding hydrogens is 327 g/mol. The topological polar surface area (TPSA) is 49.3 Å². The van der Waals surface area contributed by atoms with E-state index in [1.807, 2.05) is 22.4 Å². The van der Waals surface area contributed by atoms with Crippen LogP contribution in [0.15, 0.2) is 29.9 Å². The molecule has 2 aromatic rings. The number of thiophene rings is 1. The minimum Gasteiger partial charge on any atom is -0.340 e. The summed E-state index contributed by atoms with van der Waals surface area (Å²) in [7, 11) is 0. The number of likely N-dealkylation sites (tertiary alicyclic amines) is 1. The minimum absolute atomic E-state index is 0.100. The van der Waals surface area contributed by atoms with E-state index in [9.17, 15) is 9.18 Å². The second kappa shape index (κ2) is 6.12. The molecule has 126 valence electrons. The molecule has 5 nitrogen and oxygen atoms in total. The highest BCUT2D eigenvalue weighted by Crippen LogP contribution is 2.40. The molecule has 0 aliphatic carbocycles. The lowest BCUT2D eigenvalue weighted by Crippen LogP contribution is -2.47. The van der Waals surface area contributed by atoms with Gasteiger partial charge in [0.25, 0.3) is 5.91 Å². The maximum absolute atomic E-state index is 13.0. The first-order valence-electron chi connectivity index (χ1n) is 8.21. The average Bonchev–Trinajstić information content (AvgIpc) is 3.26. The van der Waals surface area contributed by atoms with Crippen molar-refractivity contribution in [1.82, 2.24) is 14.9 Å². The molecule has 1 spiro atoms. The van der Waals surface area contributed by atoms with Crippen molar-refractivity contribution in [1.29, 1.82) is 0 Å². The highest BCUT2D eigenvalue weighted by Gasteiger charge is 2.43. The van der Waals surface area contributed by atoms with E-state index in [0.717, 1.165) is 50.3 Å². The van der Waals surface area contributed by atoms with E-state index in [4.69, 9.17) is 0 Å². The number of hydrogen-bond acceptors (Lipinski definition) is 5. The summed E-state index contributed by atoms with van der Waals surface area (Å²) in [5.41, 5.74) is 0.100. The quantitative estimate of drug-likeness (QED) is 0.839. The van der Waals surface area contributed by atoms with E-state index in [2.05, 4.69) is 14.9 Å². The van der Waals surface area contributed by atoms with Crippen LogP contribution in [-0.4, -0.2) is 47.0 Å². The van der Waals surface area contributed by atoms with Crippen LogP contribution in [0, 0.1) is 11.2 Å². The normalized spacial score (nSPS) is 23.9. The number of halogens is 1. The van der Waals surface area contributed by atoms with Crippen LogP contribution in [0.4, 0.5) is 10.3 Å². The predicted octanol–water partition coefficient (Wildman–Crippen LogP) is 2.81. The maximum atomic E-state index is 13.0. The van der Waals surface area contributed by atoms with E-state index in [0.29, 0.717) is 5.95 Å². The number of nitrogens with zero attached hydrogens (tertiary/aromatic N) is 4. The predicted molar refractivity (Wildman–Crippen MR) is 90.7 cm³/mol. The van der Waals surface area contributed by atoms with Crippen molar-refractivity contribution in [2.75, 3.05) is 31.1 Å². The van der Waals surface area contributed by atoms with Crippen molar-refractivity contribution in [2.24, 2.45) is 5.41 Å². The monoisotopic (exact) mass is 346 g/mol. The molecule has 1 atom stereocenters. The largest absolute Gasteiger partial charge is 0.340 e. The van der Waals surface area contributed by atoms with Crippen LogP contribution in [0.2, 0.25) is 0 Å². The van der Waals surface area contributed by atoms with Gasteiger partial charge in [0.1, 0.15) is 0 Å². The molecular formula is C17H19FN4OS. The van der Waals surface area contributed by atoms with Crippen molar-refractivity contribution >= 4 is 23.2 Å². The molecule has 0 N–H and O–H groups in total. The van der Waals surface area contributed by atoms with Crippen molar-refractivity contribution in [2.45, 2.75) is 19.3 Å². The Bertz CT molecular complexity index is 721. The van der Waals surface area contributed by atoms with Gasteiger partial charge in [0.05, 0.1) is 17.3 Å². The number of amides is 1. The van der Waals surface area contributed by atoms with E-state index < -0.39 is 5.82 Å². The Hall–Kier alpha value is -2.02. The van der Waals surface area contributed by atoms with Gasteiger partial charge in [0, 0.05) is 31.6 Å². The molecule has 7 heteroatoms. The zero-order chi connectivity index (χ0) is 16.6. The number of carbonyl (C=O) groups excluding carboxylic acids is 1. The number of aromatic nitrogens is 2. The minimum atomic E-state index is -0.418. The van der Waals surface area contributed by atoms with Gasteiger partial charge in [-0.25, -0.2) is 14.4 Å². The Kier molecular flexibility index (Phi) is 3.96. The molecule has 0 bridgehead atoms. The van der Waals surface area contributed by atoms with Crippen molar-refractivity contribution < 1.29 is 9.18 Å². The first kappa shape index (κ1) is 15.5. The van der Waals surface area contributed by atoms with Gasteiger partial charge in [-0.2, -0.15) is 0 Å². The van der Waals surface area contributed by atoms with Crippen LogP contribution in [0.3, 0.4) is 0 Å². The molecule has 0 unspecified atom stereocenters. The Morgan fingerprint density at radius 3 is 2.79 bits per heavy atom. The Labute approximate surface area is 144 Å². The molecule has 2 saturated heterocycles. The molecule has 1 amide bonds. The van der Waals surface area contributed by atoms with Gasteiger partial charge >= 0.3 is 0 Å². The van der Waals surface area contributed by atoms with Gasteiger partial charge in [-0.15, -0.1) is 11.3 Å². The lowest BCUT2D eigenvalue weighted by Gasteiger charge is -2.40. The molecule has 2 aromatic heterocycles. The average molecular weight is 346 g/mol. The highest BCUT2D eigenvalue weighted by atomic mass is 32.1. The van der Waals surface area contributed by atoms with Crippen LogP contribution in [0.5, 0.6) is 0 Å². The molecule has 4 rings (SSSR count). The third-order valence-corrected chi connectivity index (χ3v) is 5.87. The van der Waals surface area contributed by atoms with Gasteiger partial charge in [0.15, 0.2) is 5.82 Å². The summed E-state index contributed by atoms with van der Waals surface area (Å²) in [6.07, 6.45) is 5.57. The number of anilines is 1. The molecule has 2 aliphatic rings. The number of rotatable bonds is 2. The van der Waals surface area contributed by atoms with Gasteiger partial charge in [-0.1, -0.05) is 6.07 Å². The van der Waals surface area contributed by atoms with Crippen molar-refractivity contribution in [3.63, 3.8) is 0 Å². The number of piperidine rings is 1. The summed E-state index contributed by atoms with van der Waals surface area (Å²) in [6, 6.07) is 3.81. The summed E-state index contributed by atoms with van der Waals surface area (Å²) in [6.45, 7) is 3.28. The SMILES string of the molecule is O=C(c1cccs1)N1CCC[C@@]2(CCN(c3ncc(F)cn3)C2)C1. The zero-order valence-electron chi connectivity index (χ0n) is 13.3. The first-order valence-corrected chi connectivity index (χ1v) is 9.09. The Morgan fingerprint density at radius 2 is 2.04 bits per heavy atom. The summed E-state index contributed by atoms with van der Waals surface area (Å²) < 4.78 is 13.0. The second-order valence-corrected chi connectivity index (χ2v) is 7.63. The van der Waals surface area contributed by atoms with E-state index in [-0.39, 0.29) is 11.3 Å². The second-order valence-electron chi connectivity index (χ2n) is 6.68. The van der Waals surface area contributed by atoms with Crippen LogP contribution in [0.25, 0.3) is 0 Å². The highest BCUT2D eigenvalue weighted by molar-refractivity contribution is 7.12. The lowest BCUT2D eigenvalue weighted by molar-refractivity contribution is 0.0561. The van der Waals surface area contributed by atoms with Gasteiger partial charge in [0.2, 0.25) is 5.95 Å². The maximum Gasteiger partial charge on any atom is 0.263 e.